The van der Waals surface area contributed by atoms with Crippen LogP contribution >= 0.6 is 0 Å². The van der Waals surface area contributed by atoms with Gasteiger partial charge >= 0.3 is 5.97 Å². The molecule has 1 rings (SSSR count). The highest BCUT2D eigenvalue weighted by Gasteiger charge is 2.06. The fourth-order valence-corrected chi connectivity index (χ4v) is 0.542. The zero-order valence-electron chi connectivity index (χ0n) is 7.87. The zero-order chi connectivity index (χ0) is 11.8. The number of aromatic hydroxyl groups is 2. The van der Waals surface area contributed by atoms with Crippen molar-refractivity contribution in [2.45, 2.75) is 6.04 Å². The van der Waals surface area contributed by atoms with Crippen LogP contribution in [0.4, 0.5) is 0 Å². The Morgan fingerprint density at radius 1 is 1.27 bits per heavy atom. The van der Waals surface area contributed by atoms with E-state index in [1.165, 1.54) is 12.1 Å². The molecule has 1 atom stereocenters. The summed E-state index contributed by atoms with van der Waals surface area (Å²) < 4.78 is 0. The number of carbonyl (C=O) groups is 1. The van der Waals surface area contributed by atoms with Crippen LogP contribution in [0, 0.1) is 0 Å². The molecule has 0 fully saturated rings. The van der Waals surface area contributed by atoms with E-state index in [4.69, 9.17) is 26.2 Å². The molecule has 0 saturated heterocycles. The number of phenols is 2. The van der Waals surface area contributed by atoms with E-state index >= 15 is 0 Å². The Morgan fingerprint density at radius 3 is 1.80 bits per heavy atom. The van der Waals surface area contributed by atoms with Crippen molar-refractivity contribution in [2.24, 2.45) is 5.73 Å². The second kappa shape index (κ2) is 6.63. The highest BCUT2D eigenvalue weighted by Crippen LogP contribution is 2.21. The van der Waals surface area contributed by atoms with Gasteiger partial charge < -0.3 is 26.2 Å². The van der Waals surface area contributed by atoms with E-state index in [9.17, 15) is 4.79 Å². The van der Waals surface area contributed by atoms with Gasteiger partial charge in [0.2, 0.25) is 0 Å². The first-order chi connectivity index (χ1) is 6.99. The third-order valence-corrected chi connectivity index (χ3v) is 1.40. The summed E-state index contributed by atoms with van der Waals surface area (Å²) in [5.74, 6) is -1.33. The molecule has 0 spiro atoms. The van der Waals surface area contributed by atoms with E-state index in [0.717, 1.165) is 0 Å². The standard InChI is InChI=1S/C6H6O2.C3H7NO3/c7-5-3-1-2-4-6(5)8;4-2(1-5)3(6)7/h1-4,7-8H;2,5H,1,4H2,(H,6,7). The Balaban J connectivity index is 0.000000265. The number of aliphatic hydroxyl groups excluding tert-OH is 1. The summed E-state index contributed by atoms with van der Waals surface area (Å²) in [6, 6.07) is 5.02. The summed E-state index contributed by atoms with van der Waals surface area (Å²) in [7, 11) is 0. The van der Waals surface area contributed by atoms with Crippen LogP contribution in [0.3, 0.4) is 0 Å². The third kappa shape index (κ3) is 5.50. The van der Waals surface area contributed by atoms with E-state index in [-0.39, 0.29) is 11.5 Å². The van der Waals surface area contributed by atoms with Crippen molar-refractivity contribution in [2.75, 3.05) is 6.61 Å². The number of rotatable bonds is 2. The van der Waals surface area contributed by atoms with Gasteiger partial charge in [-0.2, -0.15) is 0 Å². The molecule has 0 saturated carbocycles. The maximum atomic E-state index is 9.65. The smallest absolute Gasteiger partial charge is 0.322 e. The molecule has 0 radical (unpaired) electrons. The molecular weight excluding hydrogens is 202 g/mol. The minimum Gasteiger partial charge on any atom is -0.504 e. The lowest BCUT2D eigenvalue weighted by atomic mass is 10.3. The molecule has 84 valence electrons. The molecule has 0 aliphatic heterocycles. The minimum atomic E-state index is -1.18. The number of benzene rings is 1. The van der Waals surface area contributed by atoms with Gasteiger partial charge in [0.1, 0.15) is 6.04 Å². The first-order valence-corrected chi connectivity index (χ1v) is 4.05. The molecule has 6 N–H and O–H groups in total. The Labute approximate surface area is 86.2 Å². The number of nitrogens with two attached hydrogens (primary N) is 1. The van der Waals surface area contributed by atoms with Crippen molar-refractivity contribution in [3.63, 3.8) is 0 Å². The molecular formula is C9H13NO5. The van der Waals surface area contributed by atoms with Crippen LogP contribution < -0.4 is 5.73 Å². The molecule has 1 unspecified atom stereocenters. The van der Waals surface area contributed by atoms with Gasteiger partial charge in [0.25, 0.3) is 0 Å². The average Bonchev–Trinajstić information content (AvgIpc) is 2.22. The van der Waals surface area contributed by atoms with Gasteiger partial charge in [-0.1, -0.05) is 12.1 Å². The van der Waals surface area contributed by atoms with Gasteiger partial charge in [-0.3, -0.25) is 4.79 Å². The SMILES string of the molecule is NC(CO)C(=O)O.Oc1ccccc1O. The highest BCUT2D eigenvalue weighted by atomic mass is 16.4. The number of carboxylic acids is 1. The van der Waals surface area contributed by atoms with E-state index in [1.54, 1.807) is 12.1 Å². The largest absolute Gasteiger partial charge is 0.504 e. The molecule has 0 aliphatic carbocycles. The number of aliphatic hydroxyl groups is 1. The van der Waals surface area contributed by atoms with E-state index in [2.05, 4.69) is 0 Å². The Kier molecular flexibility index (Phi) is 5.84. The summed E-state index contributed by atoms with van der Waals surface area (Å²) >= 11 is 0. The number of hydrogen-bond donors (Lipinski definition) is 5. The van der Waals surface area contributed by atoms with Crippen LogP contribution in [0.15, 0.2) is 24.3 Å². The van der Waals surface area contributed by atoms with Gasteiger partial charge in [-0.25, -0.2) is 0 Å². The van der Waals surface area contributed by atoms with Crippen molar-refractivity contribution in [1.82, 2.24) is 0 Å². The Morgan fingerprint density at radius 2 is 1.67 bits per heavy atom. The number of phenolic OH excluding ortho intramolecular Hbond substituents is 2. The zero-order valence-corrected chi connectivity index (χ0v) is 7.87. The fourth-order valence-electron chi connectivity index (χ4n) is 0.542. The van der Waals surface area contributed by atoms with Crippen molar-refractivity contribution < 1.29 is 25.2 Å². The second-order valence-electron chi connectivity index (χ2n) is 2.62. The molecule has 6 nitrogen and oxygen atoms in total. The van der Waals surface area contributed by atoms with Gasteiger partial charge in [0.05, 0.1) is 6.61 Å². The number of aliphatic carboxylic acids is 1. The normalized spacial score (nSPS) is 11.1. The van der Waals surface area contributed by atoms with Gasteiger partial charge in [0.15, 0.2) is 11.5 Å². The molecule has 0 amide bonds. The minimum absolute atomic E-state index is 0.0764. The van der Waals surface area contributed by atoms with Crippen LogP contribution in [0.5, 0.6) is 11.5 Å². The van der Waals surface area contributed by atoms with Crippen molar-refractivity contribution in [1.29, 1.82) is 0 Å². The molecule has 1 aromatic carbocycles. The Bertz CT molecular complexity index is 294. The highest BCUT2D eigenvalue weighted by molar-refractivity contribution is 5.73. The number of para-hydroxylation sites is 2. The molecule has 6 heteroatoms. The lowest BCUT2D eigenvalue weighted by Gasteiger charge is -1.96. The third-order valence-electron chi connectivity index (χ3n) is 1.40. The number of hydrogen-bond acceptors (Lipinski definition) is 5. The maximum absolute atomic E-state index is 9.65. The van der Waals surface area contributed by atoms with Crippen LogP contribution in [-0.2, 0) is 4.79 Å². The molecule has 15 heavy (non-hydrogen) atoms. The molecule has 1 aromatic rings. The molecule has 0 heterocycles. The summed E-state index contributed by atoms with van der Waals surface area (Å²) in [6.45, 7) is -0.505. The van der Waals surface area contributed by atoms with Gasteiger partial charge in [-0.15, -0.1) is 0 Å². The lowest BCUT2D eigenvalue weighted by Crippen LogP contribution is -2.33. The summed E-state index contributed by atoms with van der Waals surface area (Å²) in [6.07, 6.45) is 0. The monoisotopic (exact) mass is 215 g/mol. The summed E-state index contributed by atoms with van der Waals surface area (Å²) in [4.78, 5) is 9.65. The van der Waals surface area contributed by atoms with Crippen molar-refractivity contribution >= 4 is 5.97 Å². The van der Waals surface area contributed by atoms with Crippen LogP contribution in [0.25, 0.3) is 0 Å². The van der Waals surface area contributed by atoms with Gasteiger partial charge in [-0.05, 0) is 12.1 Å². The summed E-state index contributed by atoms with van der Waals surface area (Å²) in [5, 5.41) is 33.2. The van der Waals surface area contributed by atoms with E-state index in [1.807, 2.05) is 0 Å². The van der Waals surface area contributed by atoms with Crippen LogP contribution in [-0.4, -0.2) is 39.0 Å². The van der Waals surface area contributed by atoms with Crippen LogP contribution in [0.1, 0.15) is 0 Å². The van der Waals surface area contributed by atoms with E-state index in [0.29, 0.717) is 0 Å². The second-order valence-corrected chi connectivity index (χ2v) is 2.62. The molecule has 0 bridgehead atoms. The van der Waals surface area contributed by atoms with Crippen molar-refractivity contribution in [3.8, 4) is 11.5 Å². The molecule has 0 aliphatic rings. The predicted octanol–water partition coefficient (Wildman–Crippen LogP) is -0.512. The average molecular weight is 215 g/mol. The predicted molar refractivity (Wildman–Crippen MR) is 52.5 cm³/mol. The first kappa shape index (κ1) is 13.2. The first-order valence-electron chi connectivity index (χ1n) is 4.05. The molecule has 0 aromatic heterocycles. The van der Waals surface area contributed by atoms with Crippen LogP contribution in [0.2, 0.25) is 0 Å². The topological polar surface area (TPSA) is 124 Å². The van der Waals surface area contributed by atoms with Crippen molar-refractivity contribution in [3.05, 3.63) is 24.3 Å². The maximum Gasteiger partial charge on any atom is 0.322 e. The summed E-state index contributed by atoms with van der Waals surface area (Å²) in [5.41, 5.74) is 4.77. The Hall–Kier alpha value is -1.79. The van der Waals surface area contributed by atoms with E-state index < -0.39 is 18.6 Å². The quantitative estimate of drug-likeness (QED) is 0.423. The lowest BCUT2D eigenvalue weighted by molar-refractivity contribution is -0.139. The number of carboxylic acid groups (broad SMARTS) is 1. The van der Waals surface area contributed by atoms with Gasteiger partial charge in [0, 0.05) is 0 Å². The fraction of sp³-hybridized carbons (Fsp3) is 0.222.